The fourth-order valence-corrected chi connectivity index (χ4v) is 2.44. The summed E-state index contributed by atoms with van der Waals surface area (Å²) in [4.78, 5) is 14.5. The van der Waals surface area contributed by atoms with Gasteiger partial charge in [0.2, 0.25) is 0 Å². The maximum Gasteiger partial charge on any atom is 0.155 e. The van der Waals surface area contributed by atoms with Crippen molar-refractivity contribution in [2.45, 2.75) is 59.2 Å². The molecule has 0 spiro atoms. The third-order valence-electron chi connectivity index (χ3n) is 3.29. The molecule has 2 atom stereocenters. The molecule has 0 saturated carbocycles. The molecular formula is C13H25NO2. The minimum Gasteiger partial charge on any atom is -0.376 e. The zero-order chi connectivity index (χ0) is 12.3. The van der Waals surface area contributed by atoms with Gasteiger partial charge in [-0.1, -0.05) is 13.8 Å². The largest absolute Gasteiger partial charge is 0.376 e. The fourth-order valence-electron chi connectivity index (χ4n) is 2.44. The van der Waals surface area contributed by atoms with Crippen LogP contribution in [0.25, 0.3) is 0 Å². The van der Waals surface area contributed by atoms with E-state index in [1.165, 1.54) is 0 Å². The molecule has 0 aromatic carbocycles. The number of nitrogens with zero attached hydrogens (tertiary/aromatic N) is 1. The maximum absolute atomic E-state index is 12.2. The van der Waals surface area contributed by atoms with Crippen molar-refractivity contribution in [3.63, 3.8) is 0 Å². The van der Waals surface area contributed by atoms with Gasteiger partial charge in [-0.2, -0.15) is 0 Å². The summed E-state index contributed by atoms with van der Waals surface area (Å²) in [5.74, 6) is 0.414. The number of likely N-dealkylation sites (tertiary alicyclic amines) is 1. The van der Waals surface area contributed by atoms with Gasteiger partial charge in [0.15, 0.2) is 5.78 Å². The zero-order valence-corrected chi connectivity index (χ0v) is 11.2. The molecule has 1 unspecified atom stereocenters. The number of Topliss-reactive ketones (excluding diaryl/α,β-unsaturated/α-hetero) is 1. The lowest BCUT2D eigenvalue weighted by molar-refractivity contribution is -0.130. The smallest absolute Gasteiger partial charge is 0.155 e. The highest BCUT2D eigenvalue weighted by Crippen LogP contribution is 2.26. The Bertz CT molecular complexity index is 238. The van der Waals surface area contributed by atoms with Crippen LogP contribution in [0.15, 0.2) is 0 Å². The van der Waals surface area contributed by atoms with Crippen molar-refractivity contribution in [3.05, 3.63) is 0 Å². The lowest BCUT2D eigenvalue weighted by atomic mass is 9.97. The van der Waals surface area contributed by atoms with E-state index in [1.807, 2.05) is 20.8 Å². The fraction of sp³-hybridized carbons (Fsp3) is 0.923. The Hall–Kier alpha value is -0.410. The van der Waals surface area contributed by atoms with Gasteiger partial charge >= 0.3 is 0 Å². The van der Waals surface area contributed by atoms with Gasteiger partial charge in [-0.25, -0.2) is 0 Å². The van der Waals surface area contributed by atoms with Crippen molar-refractivity contribution in [1.29, 1.82) is 0 Å². The minimum absolute atomic E-state index is 0.0278. The first-order valence-electron chi connectivity index (χ1n) is 6.40. The summed E-state index contributed by atoms with van der Waals surface area (Å²) in [6.45, 7) is 11.9. The molecule has 1 heterocycles. The highest BCUT2D eigenvalue weighted by molar-refractivity contribution is 5.86. The second-order valence-corrected chi connectivity index (χ2v) is 5.12. The first-order valence-corrected chi connectivity index (χ1v) is 6.40. The van der Waals surface area contributed by atoms with Crippen molar-refractivity contribution in [3.8, 4) is 0 Å². The number of ether oxygens (including phenoxy) is 1. The van der Waals surface area contributed by atoms with Crippen LogP contribution in [0, 0.1) is 5.92 Å². The molecular weight excluding hydrogens is 202 g/mol. The normalized spacial score (nSPS) is 26.9. The molecule has 0 N–H and O–H groups in total. The van der Waals surface area contributed by atoms with Gasteiger partial charge in [0.1, 0.15) is 0 Å². The van der Waals surface area contributed by atoms with E-state index in [0.29, 0.717) is 18.4 Å². The van der Waals surface area contributed by atoms with Gasteiger partial charge in [0.05, 0.1) is 12.1 Å². The van der Waals surface area contributed by atoms with E-state index in [-0.39, 0.29) is 18.1 Å². The zero-order valence-electron chi connectivity index (χ0n) is 11.2. The van der Waals surface area contributed by atoms with Crippen molar-refractivity contribution in [2.75, 3.05) is 13.2 Å². The van der Waals surface area contributed by atoms with E-state index >= 15 is 0 Å². The molecule has 1 fully saturated rings. The Morgan fingerprint density at radius 3 is 2.44 bits per heavy atom. The average Bonchev–Trinajstić information content (AvgIpc) is 2.61. The molecule has 94 valence electrons. The Morgan fingerprint density at radius 2 is 2.00 bits per heavy atom. The predicted octanol–water partition coefficient (Wildman–Crippen LogP) is 2.10. The molecule has 1 aliphatic heterocycles. The first kappa shape index (κ1) is 13.7. The molecule has 16 heavy (non-hydrogen) atoms. The van der Waals surface area contributed by atoms with Crippen LogP contribution in [0.4, 0.5) is 0 Å². The highest BCUT2D eigenvalue weighted by atomic mass is 16.5. The van der Waals surface area contributed by atoms with E-state index in [2.05, 4.69) is 18.7 Å². The van der Waals surface area contributed by atoms with Crippen molar-refractivity contribution < 1.29 is 9.53 Å². The second-order valence-electron chi connectivity index (χ2n) is 5.12. The molecule has 0 bridgehead atoms. The second kappa shape index (κ2) is 5.78. The topological polar surface area (TPSA) is 29.5 Å². The number of ketones is 1. The summed E-state index contributed by atoms with van der Waals surface area (Å²) >= 11 is 0. The van der Waals surface area contributed by atoms with Gasteiger partial charge in [-0.15, -0.1) is 0 Å². The Morgan fingerprint density at radius 1 is 1.38 bits per heavy atom. The minimum atomic E-state index is -0.0278. The van der Waals surface area contributed by atoms with Crippen LogP contribution >= 0.6 is 0 Å². The lowest BCUT2D eigenvalue weighted by Crippen LogP contribution is -2.47. The van der Waals surface area contributed by atoms with Gasteiger partial charge in [0.25, 0.3) is 0 Å². The van der Waals surface area contributed by atoms with Crippen LogP contribution in [-0.2, 0) is 9.53 Å². The lowest BCUT2D eigenvalue weighted by Gasteiger charge is -2.30. The van der Waals surface area contributed by atoms with E-state index in [1.54, 1.807) is 0 Å². The van der Waals surface area contributed by atoms with Crippen LogP contribution in [0.2, 0.25) is 0 Å². The third-order valence-corrected chi connectivity index (χ3v) is 3.29. The van der Waals surface area contributed by atoms with Crippen LogP contribution in [0.1, 0.15) is 41.0 Å². The van der Waals surface area contributed by atoms with Crippen LogP contribution in [0.5, 0.6) is 0 Å². The van der Waals surface area contributed by atoms with E-state index in [0.717, 1.165) is 13.0 Å². The summed E-state index contributed by atoms with van der Waals surface area (Å²) in [5, 5.41) is 0. The van der Waals surface area contributed by atoms with Gasteiger partial charge in [-0.05, 0) is 27.2 Å². The van der Waals surface area contributed by atoms with Crippen molar-refractivity contribution >= 4 is 5.78 Å². The molecule has 3 nitrogen and oxygen atoms in total. The van der Waals surface area contributed by atoms with Gasteiger partial charge in [0, 0.05) is 25.1 Å². The predicted molar refractivity (Wildman–Crippen MR) is 65.5 cm³/mol. The van der Waals surface area contributed by atoms with Crippen LogP contribution in [0.3, 0.4) is 0 Å². The number of carbonyl (C=O) groups excluding carboxylic acids is 1. The number of rotatable bonds is 5. The van der Waals surface area contributed by atoms with Crippen molar-refractivity contribution in [1.82, 2.24) is 4.90 Å². The Balaban J connectivity index is 2.80. The van der Waals surface area contributed by atoms with Gasteiger partial charge < -0.3 is 4.74 Å². The van der Waals surface area contributed by atoms with E-state index in [4.69, 9.17) is 4.74 Å². The molecule has 3 heteroatoms. The number of hydrogen-bond acceptors (Lipinski definition) is 3. The molecule has 1 aliphatic rings. The molecule has 0 aromatic rings. The summed E-state index contributed by atoms with van der Waals surface area (Å²) < 4.78 is 5.70. The molecule has 1 rings (SSSR count). The maximum atomic E-state index is 12.2. The number of carbonyl (C=O) groups is 1. The molecule has 0 amide bonds. The van der Waals surface area contributed by atoms with Gasteiger partial charge in [-0.3, -0.25) is 9.69 Å². The van der Waals surface area contributed by atoms with Crippen LogP contribution < -0.4 is 0 Å². The summed E-state index contributed by atoms with van der Waals surface area (Å²) in [6.07, 6.45) is 1.08. The Kier molecular flexibility index (Phi) is 4.93. The Labute approximate surface area is 99.1 Å². The summed E-state index contributed by atoms with van der Waals surface area (Å²) in [6, 6.07) is 0.387. The SMILES string of the molecule is CCO[C@H]1CCN(C(C)C)C1C(=O)C(C)C. The van der Waals surface area contributed by atoms with E-state index < -0.39 is 0 Å². The standard InChI is InChI=1S/C13H25NO2/c1-6-16-11-7-8-14(10(4)5)12(11)13(15)9(2)3/h9-12H,6-8H2,1-5H3/t11-,12?/m0/s1. The average molecular weight is 227 g/mol. The number of hydrogen-bond donors (Lipinski definition) is 0. The molecule has 0 aliphatic carbocycles. The van der Waals surface area contributed by atoms with Crippen molar-refractivity contribution in [2.24, 2.45) is 5.92 Å². The third kappa shape index (κ3) is 2.83. The van der Waals surface area contributed by atoms with Crippen LogP contribution in [-0.4, -0.2) is 42.0 Å². The summed E-state index contributed by atoms with van der Waals surface area (Å²) in [7, 11) is 0. The summed E-state index contributed by atoms with van der Waals surface area (Å²) in [5.41, 5.74) is 0. The molecule has 0 aromatic heterocycles. The van der Waals surface area contributed by atoms with E-state index in [9.17, 15) is 4.79 Å². The quantitative estimate of drug-likeness (QED) is 0.720. The molecule has 1 saturated heterocycles. The first-order chi connectivity index (χ1) is 7.49. The monoisotopic (exact) mass is 227 g/mol. The molecule has 0 radical (unpaired) electrons. The highest BCUT2D eigenvalue weighted by Gasteiger charge is 2.41.